The highest BCUT2D eigenvalue weighted by Crippen LogP contribution is 2.26. The summed E-state index contributed by atoms with van der Waals surface area (Å²) in [4.78, 5) is 11.4. The summed E-state index contributed by atoms with van der Waals surface area (Å²) in [6.45, 7) is 5.09. The van der Waals surface area contributed by atoms with Gasteiger partial charge >= 0.3 is 6.03 Å². The van der Waals surface area contributed by atoms with Crippen molar-refractivity contribution >= 4 is 6.03 Å². The van der Waals surface area contributed by atoms with Crippen LogP contribution in [0.4, 0.5) is 4.79 Å². The predicted molar refractivity (Wildman–Crippen MR) is 62.9 cm³/mol. The molecule has 0 aromatic carbocycles. The van der Waals surface area contributed by atoms with Crippen LogP contribution in [0.3, 0.4) is 0 Å². The van der Waals surface area contributed by atoms with Gasteiger partial charge in [-0.25, -0.2) is 4.79 Å². The number of carbonyl (C=O) groups is 1. The quantitative estimate of drug-likeness (QED) is 0.739. The van der Waals surface area contributed by atoms with E-state index in [1.54, 1.807) is 0 Å². The number of nitrogens with one attached hydrogen (secondary N) is 2. The van der Waals surface area contributed by atoms with E-state index in [1.165, 1.54) is 19.3 Å². The molecule has 0 saturated heterocycles. The first-order chi connectivity index (χ1) is 7.26. The maximum Gasteiger partial charge on any atom is 0.315 e. The van der Waals surface area contributed by atoms with Gasteiger partial charge < -0.3 is 10.6 Å². The molecule has 2 N–H and O–H groups in total. The number of amides is 2. The van der Waals surface area contributed by atoms with Crippen LogP contribution in [0.2, 0.25) is 0 Å². The summed E-state index contributed by atoms with van der Waals surface area (Å²) >= 11 is 0. The summed E-state index contributed by atoms with van der Waals surface area (Å²) in [6, 6.07) is 0.418. The van der Waals surface area contributed by atoms with Crippen molar-refractivity contribution in [2.24, 2.45) is 5.92 Å². The van der Waals surface area contributed by atoms with E-state index in [1.807, 2.05) is 0 Å². The average molecular weight is 212 g/mol. The van der Waals surface area contributed by atoms with Gasteiger partial charge in [0.15, 0.2) is 0 Å². The molecule has 88 valence electrons. The molecule has 0 bridgehead atoms. The van der Waals surface area contributed by atoms with Gasteiger partial charge in [-0.1, -0.05) is 20.3 Å². The molecular weight excluding hydrogens is 188 g/mol. The highest BCUT2D eigenvalue weighted by molar-refractivity contribution is 5.74. The average Bonchev–Trinajstić information content (AvgIpc) is 2.27. The fourth-order valence-corrected chi connectivity index (χ4v) is 2.19. The predicted octanol–water partition coefficient (Wildman–Crippen LogP) is 2.66. The van der Waals surface area contributed by atoms with Crippen LogP contribution in [0.1, 0.15) is 52.4 Å². The molecule has 1 aliphatic rings. The molecule has 1 rings (SSSR count). The van der Waals surface area contributed by atoms with Crippen molar-refractivity contribution in [3.8, 4) is 0 Å². The van der Waals surface area contributed by atoms with Crippen LogP contribution in [0.25, 0.3) is 0 Å². The first-order valence-corrected chi connectivity index (χ1v) is 6.30. The molecule has 15 heavy (non-hydrogen) atoms. The molecule has 2 amide bonds. The Morgan fingerprint density at radius 3 is 2.40 bits per heavy atom. The van der Waals surface area contributed by atoms with Gasteiger partial charge in [0.1, 0.15) is 0 Å². The SMILES string of the molecule is CCCNC(=O)NC1CCC(CC)CC1. The van der Waals surface area contributed by atoms with Gasteiger partial charge in [0.05, 0.1) is 0 Å². The van der Waals surface area contributed by atoms with Crippen molar-refractivity contribution in [3.05, 3.63) is 0 Å². The second-order valence-electron chi connectivity index (χ2n) is 4.53. The maximum absolute atomic E-state index is 11.4. The third-order valence-corrected chi connectivity index (χ3v) is 3.29. The molecule has 3 nitrogen and oxygen atoms in total. The zero-order chi connectivity index (χ0) is 11.1. The summed E-state index contributed by atoms with van der Waals surface area (Å²) in [7, 11) is 0. The highest BCUT2D eigenvalue weighted by atomic mass is 16.2. The summed E-state index contributed by atoms with van der Waals surface area (Å²) in [5, 5.41) is 5.90. The molecule has 1 aliphatic carbocycles. The first kappa shape index (κ1) is 12.3. The highest BCUT2D eigenvalue weighted by Gasteiger charge is 2.20. The summed E-state index contributed by atoms with van der Waals surface area (Å²) in [6.07, 6.45) is 7.13. The molecule has 0 spiro atoms. The van der Waals surface area contributed by atoms with Crippen LogP contribution in [-0.4, -0.2) is 18.6 Å². The Labute approximate surface area is 93.0 Å². The van der Waals surface area contributed by atoms with Crippen LogP contribution in [0, 0.1) is 5.92 Å². The lowest BCUT2D eigenvalue weighted by atomic mass is 9.85. The third kappa shape index (κ3) is 4.54. The van der Waals surface area contributed by atoms with Gasteiger partial charge in [-0.05, 0) is 38.0 Å². The molecule has 0 atom stereocenters. The lowest BCUT2D eigenvalue weighted by molar-refractivity contribution is 0.226. The molecule has 0 unspecified atom stereocenters. The van der Waals surface area contributed by atoms with Crippen molar-refractivity contribution in [1.29, 1.82) is 0 Å². The van der Waals surface area contributed by atoms with Gasteiger partial charge in [0, 0.05) is 12.6 Å². The van der Waals surface area contributed by atoms with Crippen LogP contribution in [0.5, 0.6) is 0 Å². The Kier molecular flexibility index (Phi) is 5.51. The van der Waals surface area contributed by atoms with E-state index < -0.39 is 0 Å². The van der Waals surface area contributed by atoms with Crippen molar-refractivity contribution < 1.29 is 4.79 Å². The van der Waals surface area contributed by atoms with Crippen LogP contribution >= 0.6 is 0 Å². The first-order valence-electron chi connectivity index (χ1n) is 6.30. The van der Waals surface area contributed by atoms with Gasteiger partial charge in [-0.15, -0.1) is 0 Å². The molecular formula is C12H24N2O. The Hall–Kier alpha value is -0.730. The summed E-state index contributed by atoms with van der Waals surface area (Å²) in [5.74, 6) is 0.891. The second kappa shape index (κ2) is 6.70. The Balaban J connectivity index is 2.15. The molecule has 0 radical (unpaired) electrons. The van der Waals surface area contributed by atoms with E-state index in [0.29, 0.717) is 6.04 Å². The summed E-state index contributed by atoms with van der Waals surface area (Å²) in [5.41, 5.74) is 0. The zero-order valence-corrected chi connectivity index (χ0v) is 10.0. The molecule has 1 saturated carbocycles. The van der Waals surface area contributed by atoms with E-state index in [0.717, 1.165) is 31.7 Å². The van der Waals surface area contributed by atoms with Gasteiger partial charge in [-0.3, -0.25) is 0 Å². The number of rotatable bonds is 4. The van der Waals surface area contributed by atoms with E-state index in [-0.39, 0.29) is 6.03 Å². The van der Waals surface area contributed by atoms with E-state index >= 15 is 0 Å². The van der Waals surface area contributed by atoms with Crippen molar-refractivity contribution in [3.63, 3.8) is 0 Å². The number of hydrogen-bond acceptors (Lipinski definition) is 1. The molecule has 0 aromatic rings. The Bertz CT molecular complexity index is 186. The normalized spacial score (nSPS) is 26.0. The minimum absolute atomic E-state index is 0.0109. The fraction of sp³-hybridized carbons (Fsp3) is 0.917. The molecule has 1 fully saturated rings. The fourth-order valence-electron chi connectivity index (χ4n) is 2.19. The largest absolute Gasteiger partial charge is 0.338 e. The van der Waals surface area contributed by atoms with E-state index in [4.69, 9.17) is 0 Å². The standard InChI is InChI=1S/C12H24N2O/c1-3-9-13-12(15)14-11-7-5-10(4-2)6-8-11/h10-11H,3-9H2,1-2H3,(H2,13,14,15). The number of hydrogen-bond donors (Lipinski definition) is 2. The lowest BCUT2D eigenvalue weighted by Crippen LogP contribution is -2.43. The smallest absolute Gasteiger partial charge is 0.315 e. The van der Waals surface area contributed by atoms with Crippen LogP contribution < -0.4 is 10.6 Å². The van der Waals surface area contributed by atoms with Crippen LogP contribution in [-0.2, 0) is 0 Å². The molecule has 3 heteroatoms. The van der Waals surface area contributed by atoms with Crippen molar-refractivity contribution in [2.75, 3.05) is 6.54 Å². The number of carbonyl (C=O) groups excluding carboxylic acids is 1. The third-order valence-electron chi connectivity index (χ3n) is 3.29. The van der Waals surface area contributed by atoms with E-state index in [9.17, 15) is 4.79 Å². The lowest BCUT2D eigenvalue weighted by Gasteiger charge is -2.28. The Morgan fingerprint density at radius 1 is 1.20 bits per heavy atom. The molecule has 0 aromatic heterocycles. The van der Waals surface area contributed by atoms with Crippen molar-refractivity contribution in [2.45, 2.75) is 58.4 Å². The summed E-state index contributed by atoms with van der Waals surface area (Å²) < 4.78 is 0. The monoisotopic (exact) mass is 212 g/mol. The number of urea groups is 1. The topological polar surface area (TPSA) is 41.1 Å². The van der Waals surface area contributed by atoms with Crippen LogP contribution in [0.15, 0.2) is 0 Å². The second-order valence-corrected chi connectivity index (χ2v) is 4.53. The van der Waals surface area contributed by atoms with Gasteiger partial charge in [0.2, 0.25) is 0 Å². The molecule has 0 heterocycles. The minimum atomic E-state index is 0.0109. The Morgan fingerprint density at radius 2 is 1.87 bits per heavy atom. The van der Waals surface area contributed by atoms with E-state index in [2.05, 4.69) is 24.5 Å². The zero-order valence-electron chi connectivity index (χ0n) is 10.0. The van der Waals surface area contributed by atoms with Crippen molar-refractivity contribution in [1.82, 2.24) is 10.6 Å². The molecule has 0 aliphatic heterocycles. The van der Waals surface area contributed by atoms with Gasteiger partial charge in [0.25, 0.3) is 0 Å². The minimum Gasteiger partial charge on any atom is -0.338 e. The maximum atomic E-state index is 11.4. The van der Waals surface area contributed by atoms with Gasteiger partial charge in [-0.2, -0.15) is 0 Å².